The number of nitrogens with one attached hydrogen (secondary N) is 1. The van der Waals surface area contributed by atoms with Crippen LogP contribution in [-0.4, -0.2) is 14.7 Å². The second-order valence-corrected chi connectivity index (χ2v) is 5.63. The number of halogens is 2. The number of hydrogen-bond acceptors (Lipinski definition) is 4. The molecule has 0 unspecified atom stereocenters. The third-order valence-corrected chi connectivity index (χ3v) is 3.47. The van der Waals surface area contributed by atoms with Crippen LogP contribution >= 0.6 is 22.6 Å². The Labute approximate surface area is 128 Å². The molecule has 0 atom stereocenters. The van der Waals surface area contributed by atoms with Crippen LogP contribution < -0.4 is 5.32 Å². The predicted molar refractivity (Wildman–Crippen MR) is 81.7 cm³/mol. The summed E-state index contributed by atoms with van der Waals surface area (Å²) < 4.78 is 15.5. The largest absolute Gasteiger partial charge is 0.347 e. The average molecular weight is 390 g/mol. The van der Waals surface area contributed by atoms with Gasteiger partial charge in [0.2, 0.25) is 0 Å². The normalized spacial score (nSPS) is 10.8. The predicted octanol–water partition coefficient (Wildman–Crippen LogP) is 3.86. The number of rotatable bonds is 4. The van der Waals surface area contributed by atoms with E-state index >= 15 is 0 Å². The maximum absolute atomic E-state index is 13.6. The summed E-state index contributed by atoms with van der Waals surface area (Å²) in [5, 5.41) is 18.0. The molecule has 0 saturated heterocycles. The van der Waals surface area contributed by atoms with Gasteiger partial charge in [-0.3, -0.25) is 14.8 Å². The Morgan fingerprint density at radius 2 is 2.20 bits per heavy atom. The highest BCUT2D eigenvalue weighted by atomic mass is 127. The lowest BCUT2D eigenvalue weighted by molar-refractivity contribution is -0.384. The first-order valence-corrected chi connectivity index (χ1v) is 6.91. The molecular weight excluding hydrogens is 378 g/mol. The summed E-state index contributed by atoms with van der Waals surface area (Å²) in [6.45, 7) is 3.92. The smallest absolute Gasteiger partial charge is 0.293 e. The van der Waals surface area contributed by atoms with Crippen molar-refractivity contribution in [2.75, 3.05) is 5.32 Å². The van der Waals surface area contributed by atoms with Crippen LogP contribution in [0.2, 0.25) is 0 Å². The topological polar surface area (TPSA) is 73.0 Å². The van der Waals surface area contributed by atoms with Gasteiger partial charge >= 0.3 is 0 Å². The van der Waals surface area contributed by atoms with E-state index in [4.69, 9.17) is 0 Å². The molecule has 0 radical (unpaired) electrons. The molecule has 0 amide bonds. The van der Waals surface area contributed by atoms with E-state index in [9.17, 15) is 14.5 Å². The van der Waals surface area contributed by atoms with E-state index < -0.39 is 10.7 Å². The minimum absolute atomic E-state index is 0.108. The number of benzene rings is 1. The summed E-state index contributed by atoms with van der Waals surface area (Å²) >= 11 is 1.72. The Hall–Kier alpha value is -1.71. The van der Waals surface area contributed by atoms with Crippen molar-refractivity contribution in [3.8, 4) is 0 Å². The molecule has 1 aromatic carbocycles. The van der Waals surface area contributed by atoms with E-state index in [0.29, 0.717) is 5.69 Å². The van der Waals surface area contributed by atoms with Crippen molar-refractivity contribution in [3.05, 3.63) is 44.0 Å². The first-order chi connectivity index (χ1) is 9.38. The van der Waals surface area contributed by atoms with Crippen molar-refractivity contribution >= 4 is 39.7 Å². The fourth-order valence-corrected chi connectivity index (χ4v) is 2.08. The van der Waals surface area contributed by atoms with E-state index in [1.165, 1.54) is 6.07 Å². The highest BCUT2D eigenvalue weighted by molar-refractivity contribution is 14.1. The van der Waals surface area contributed by atoms with E-state index in [1.807, 2.05) is 13.8 Å². The van der Waals surface area contributed by atoms with E-state index in [0.717, 1.165) is 6.07 Å². The molecular formula is C12H12FIN4O2. The van der Waals surface area contributed by atoms with Crippen LogP contribution in [0.1, 0.15) is 19.9 Å². The molecule has 0 aliphatic rings. The minimum Gasteiger partial charge on any atom is -0.347 e. The van der Waals surface area contributed by atoms with Gasteiger partial charge in [-0.05, 0) is 36.4 Å². The number of hydrogen-bond donors (Lipinski definition) is 1. The van der Waals surface area contributed by atoms with E-state index in [-0.39, 0.29) is 21.0 Å². The lowest BCUT2D eigenvalue weighted by Crippen LogP contribution is -2.01. The fraction of sp³-hybridized carbons (Fsp3) is 0.250. The van der Waals surface area contributed by atoms with Crippen LogP contribution in [0.15, 0.2) is 24.5 Å². The molecule has 0 fully saturated rings. The van der Waals surface area contributed by atoms with Crippen LogP contribution in [0.3, 0.4) is 0 Å². The third-order valence-electron chi connectivity index (χ3n) is 2.64. The van der Waals surface area contributed by atoms with Crippen LogP contribution in [0.4, 0.5) is 21.5 Å². The lowest BCUT2D eigenvalue weighted by Gasteiger charge is -2.06. The quantitative estimate of drug-likeness (QED) is 0.489. The van der Waals surface area contributed by atoms with Gasteiger partial charge in [-0.2, -0.15) is 5.10 Å². The molecule has 1 aromatic heterocycles. The number of aromatic nitrogens is 2. The molecule has 0 bridgehead atoms. The van der Waals surface area contributed by atoms with Gasteiger partial charge in [0.15, 0.2) is 0 Å². The molecule has 2 aromatic rings. The summed E-state index contributed by atoms with van der Waals surface area (Å²) in [5.41, 5.74) is 0.506. The number of nitro groups is 1. The number of anilines is 2. The van der Waals surface area contributed by atoms with Gasteiger partial charge in [-0.25, -0.2) is 4.39 Å². The molecule has 0 spiro atoms. The zero-order valence-corrected chi connectivity index (χ0v) is 13.0. The molecule has 1 N–H and O–H groups in total. The Bertz CT molecular complexity index is 657. The SMILES string of the molecule is CC(C)n1cc(Nc2cc(F)c(I)cc2[N+](=O)[O-])cn1. The van der Waals surface area contributed by atoms with Gasteiger partial charge < -0.3 is 5.32 Å². The van der Waals surface area contributed by atoms with Crippen molar-refractivity contribution in [1.29, 1.82) is 0 Å². The monoisotopic (exact) mass is 390 g/mol. The van der Waals surface area contributed by atoms with Crippen molar-refractivity contribution in [1.82, 2.24) is 9.78 Å². The summed E-state index contributed by atoms with van der Waals surface area (Å²) in [4.78, 5) is 10.5. The summed E-state index contributed by atoms with van der Waals surface area (Å²) in [6, 6.07) is 2.49. The first kappa shape index (κ1) is 14.7. The van der Waals surface area contributed by atoms with Crippen molar-refractivity contribution < 1.29 is 9.31 Å². The zero-order valence-electron chi connectivity index (χ0n) is 10.8. The second kappa shape index (κ2) is 5.73. The number of nitrogens with zero attached hydrogens (tertiary/aromatic N) is 3. The molecule has 8 heteroatoms. The maximum atomic E-state index is 13.6. The highest BCUT2D eigenvalue weighted by Gasteiger charge is 2.18. The van der Waals surface area contributed by atoms with E-state index in [1.54, 1.807) is 39.7 Å². The first-order valence-electron chi connectivity index (χ1n) is 5.83. The van der Waals surface area contributed by atoms with Crippen LogP contribution in [-0.2, 0) is 0 Å². The molecule has 20 heavy (non-hydrogen) atoms. The molecule has 0 aliphatic carbocycles. The van der Waals surface area contributed by atoms with Crippen molar-refractivity contribution in [2.24, 2.45) is 0 Å². The van der Waals surface area contributed by atoms with Crippen LogP contribution in [0.5, 0.6) is 0 Å². The molecule has 106 valence electrons. The van der Waals surface area contributed by atoms with Crippen LogP contribution in [0.25, 0.3) is 0 Å². The molecule has 0 saturated carbocycles. The van der Waals surface area contributed by atoms with Crippen molar-refractivity contribution in [2.45, 2.75) is 19.9 Å². The van der Waals surface area contributed by atoms with Gasteiger partial charge in [-0.1, -0.05) is 0 Å². The van der Waals surface area contributed by atoms with E-state index in [2.05, 4.69) is 10.4 Å². The zero-order chi connectivity index (χ0) is 14.9. The fourth-order valence-electron chi connectivity index (χ4n) is 1.63. The van der Waals surface area contributed by atoms with Gasteiger partial charge in [0, 0.05) is 24.4 Å². The maximum Gasteiger partial charge on any atom is 0.293 e. The Kier molecular flexibility index (Phi) is 4.21. The Balaban J connectivity index is 2.36. The molecule has 0 aliphatic heterocycles. The van der Waals surface area contributed by atoms with Crippen LogP contribution in [0, 0.1) is 19.5 Å². The third kappa shape index (κ3) is 3.06. The average Bonchev–Trinajstić information content (AvgIpc) is 2.82. The van der Waals surface area contributed by atoms with Gasteiger partial charge in [0.05, 0.1) is 20.4 Å². The highest BCUT2D eigenvalue weighted by Crippen LogP contribution is 2.31. The summed E-state index contributed by atoms with van der Waals surface area (Å²) in [7, 11) is 0. The molecule has 1 heterocycles. The standard InChI is InChI=1S/C12H12FIN4O2/c1-7(2)17-6-8(5-15-17)16-11-3-9(13)10(14)4-12(11)18(19)20/h3-7,16H,1-2H3. The summed E-state index contributed by atoms with van der Waals surface area (Å²) in [6.07, 6.45) is 3.25. The summed E-state index contributed by atoms with van der Waals surface area (Å²) in [5.74, 6) is -0.505. The van der Waals surface area contributed by atoms with Crippen molar-refractivity contribution in [3.63, 3.8) is 0 Å². The van der Waals surface area contributed by atoms with Gasteiger partial charge in [-0.15, -0.1) is 0 Å². The molecule has 6 nitrogen and oxygen atoms in total. The Morgan fingerprint density at radius 1 is 1.50 bits per heavy atom. The lowest BCUT2D eigenvalue weighted by atomic mass is 10.2. The second-order valence-electron chi connectivity index (χ2n) is 4.47. The van der Waals surface area contributed by atoms with Gasteiger partial charge in [0.1, 0.15) is 11.5 Å². The minimum atomic E-state index is -0.545. The van der Waals surface area contributed by atoms with Gasteiger partial charge in [0.25, 0.3) is 5.69 Å². The number of nitro benzene ring substituents is 1. The Morgan fingerprint density at radius 3 is 2.75 bits per heavy atom. The molecule has 2 rings (SSSR count).